The van der Waals surface area contributed by atoms with Crippen LogP contribution >= 0.6 is 0 Å². The Bertz CT molecular complexity index is 1400. The van der Waals surface area contributed by atoms with E-state index in [4.69, 9.17) is 0 Å². The number of aromatic nitrogens is 3. The molecule has 0 fully saturated rings. The van der Waals surface area contributed by atoms with Crippen molar-refractivity contribution in [2.24, 2.45) is 0 Å². The molecule has 0 amide bonds. The minimum absolute atomic E-state index is 0.180. The van der Waals surface area contributed by atoms with Gasteiger partial charge in [0.2, 0.25) is 0 Å². The fourth-order valence-corrected chi connectivity index (χ4v) is 3.75. The van der Waals surface area contributed by atoms with Crippen LogP contribution in [0, 0.1) is 19.7 Å². The van der Waals surface area contributed by atoms with Gasteiger partial charge in [-0.1, -0.05) is 18.2 Å². The second-order valence-electron chi connectivity index (χ2n) is 7.18. The second kappa shape index (κ2) is 7.64. The van der Waals surface area contributed by atoms with Crippen molar-refractivity contribution in [1.29, 1.82) is 0 Å². The van der Waals surface area contributed by atoms with Crippen LogP contribution in [0.5, 0.6) is 0 Å². The molecule has 0 atom stereocenters. The number of halogens is 1. The molecule has 0 radical (unpaired) electrons. The van der Waals surface area contributed by atoms with Crippen LogP contribution in [-0.4, -0.2) is 31.2 Å². The zero-order chi connectivity index (χ0) is 22.3. The van der Waals surface area contributed by atoms with Crippen LogP contribution in [0.2, 0.25) is 0 Å². The number of fused-ring (bicyclic) bond motifs is 1. The Labute approximate surface area is 176 Å². The van der Waals surface area contributed by atoms with Gasteiger partial charge in [-0.05, 0) is 50.2 Å². The molecule has 1 N–H and O–H groups in total. The van der Waals surface area contributed by atoms with Crippen molar-refractivity contribution in [3.8, 4) is 5.69 Å². The van der Waals surface area contributed by atoms with E-state index in [0.29, 0.717) is 16.9 Å². The Hall–Kier alpha value is -4.07. The van der Waals surface area contributed by atoms with Gasteiger partial charge in [0.1, 0.15) is 12.4 Å². The number of hydrogen-bond acceptors (Lipinski definition) is 4. The third kappa shape index (κ3) is 3.52. The predicted molar refractivity (Wildman–Crippen MR) is 112 cm³/mol. The number of nitrogens with zero attached hydrogens (tertiary/aromatic N) is 3. The Morgan fingerprint density at radius 2 is 1.68 bits per heavy atom. The quantitative estimate of drug-likeness (QED) is 0.500. The lowest BCUT2D eigenvalue weighted by Gasteiger charge is -2.10. The largest absolute Gasteiger partial charge is 0.476 e. The van der Waals surface area contributed by atoms with E-state index in [9.17, 15) is 23.9 Å². The summed E-state index contributed by atoms with van der Waals surface area (Å²) in [6, 6.07) is 13.8. The highest BCUT2D eigenvalue weighted by molar-refractivity contribution is 6.01. The lowest BCUT2D eigenvalue weighted by atomic mass is 10.1. The monoisotopic (exact) mass is 419 g/mol. The maximum absolute atomic E-state index is 13.3. The van der Waals surface area contributed by atoms with Crippen molar-refractivity contribution < 1.29 is 19.1 Å². The van der Waals surface area contributed by atoms with E-state index in [1.807, 2.05) is 11.5 Å². The predicted octanol–water partition coefficient (Wildman–Crippen LogP) is 3.52. The van der Waals surface area contributed by atoms with Crippen LogP contribution in [-0.2, 0) is 6.54 Å². The number of carboxylic acid groups (broad SMARTS) is 1. The van der Waals surface area contributed by atoms with Crippen LogP contribution in [0.25, 0.3) is 16.5 Å². The van der Waals surface area contributed by atoms with Gasteiger partial charge in [-0.15, -0.1) is 0 Å². The highest BCUT2D eigenvalue weighted by Crippen LogP contribution is 2.22. The molecule has 7 nitrogen and oxygen atoms in total. The molecule has 0 unspecified atom stereocenters. The van der Waals surface area contributed by atoms with Gasteiger partial charge in [0.25, 0.3) is 5.56 Å². The molecule has 0 spiro atoms. The van der Waals surface area contributed by atoms with Crippen molar-refractivity contribution in [1.82, 2.24) is 14.3 Å². The molecule has 0 aliphatic heterocycles. The fourth-order valence-electron chi connectivity index (χ4n) is 3.75. The van der Waals surface area contributed by atoms with Crippen LogP contribution in [0.1, 0.15) is 32.2 Å². The minimum atomic E-state index is -1.29. The second-order valence-corrected chi connectivity index (χ2v) is 7.18. The molecular weight excluding hydrogens is 401 g/mol. The number of Topliss-reactive ketones (excluding diaryl/α,β-unsaturated/α-hetero) is 1. The topological polar surface area (TPSA) is 94.2 Å². The zero-order valence-corrected chi connectivity index (χ0v) is 16.8. The van der Waals surface area contributed by atoms with Gasteiger partial charge in [0.05, 0.1) is 5.39 Å². The molecule has 0 saturated carbocycles. The van der Waals surface area contributed by atoms with Crippen LogP contribution < -0.4 is 5.56 Å². The van der Waals surface area contributed by atoms with Crippen LogP contribution in [0.3, 0.4) is 0 Å². The Morgan fingerprint density at radius 1 is 1.03 bits per heavy atom. The number of hydrogen-bond donors (Lipinski definition) is 1. The lowest BCUT2D eigenvalue weighted by Crippen LogP contribution is -2.29. The lowest BCUT2D eigenvalue weighted by molar-refractivity contribution is 0.0688. The maximum Gasteiger partial charge on any atom is 0.357 e. The summed E-state index contributed by atoms with van der Waals surface area (Å²) in [5.41, 5.74) is 1.63. The minimum Gasteiger partial charge on any atom is -0.476 e. The third-order valence-electron chi connectivity index (χ3n) is 5.18. The standard InChI is InChI=1S/C23H18FN3O4/c1-13-11-19(14(2)27(13)16-9-7-15(24)8-10-16)20(28)12-26-22(29)18-6-4-3-5-17(18)21(25-26)23(30)31/h3-11H,12H2,1-2H3,(H,30,31). The first-order chi connectivity index (χ1) is 14.8. The molecule has 4 aromatic rings. The number of rotatable bonds is 5. The van der Waals surface area contributed by atoms with Crippen molar-refractivity contribution in [3.05, 3.63) is 93.4 Å². The summed E-state index contributed by atoms with van der Waals surface area (Å²) in [6.45, 7) is 3.16. The van der Waals surface area contributed by atoms with Gasteiger partial charge in [-0.2, -0.15) is 5.10 Å². The van der Waals surface area contributed by atoms with Gasteiger partial charge >= 0.3 is 5.97 Å². The van der Waals surface area contributed by atoms with Crippen LogP contribution in [0.15, 0.2) is 59.4 Å². The zero-order valence-electron chi connectivity index (χ0n) is 16.8. The molecule has 31 heavy (non-hydrogen) atoms. The molecule has 4 rings (SSSR count). The van der Waals surface area contributed by atoms with Crippen molar-refractivity contribution in [3.63, 3.8) is 0 Å². The summed E-state index contributed by atoms with van der Waals surface area (Å²) in [6.07, 6.45) is 0. The number of carbonyl (C=O) groups excluding carboxylic acids is 1. The highest BCUT2D eigenvalue weighted by atomic mass is 19.1. The van der Waals surface area contributed by atoms with Gasteiger partial charge < -0.3 is 9.67 Å². The summed E-state index contributed by atoms with van der Waals surface area (Å²) in [4.78, 5) is 37.5. The van der Waals surface area contributed by atoms with Crippen molar-refractivity contribution in [2.45, 2.75) is 20.4 Å². The molecule has 0 bridgehead atoms. The Balaban J connectivity index is 1.76. The van der Waals surface area contributed by atoms with Crippen molar-refractivity contribution in [2.75, 3.05) is 0 Å². The van der Waals surface area contributed by atoms with Gasteiger partial charge in [-0.3, -0.25) is 9.59 Å². The summed E-state index contributed by atoms with van der Waals surface area (Å²) in [5.74, 6) is -2.03. The molecular formula is C23H18FN3O4. The van der Waals surface area contributed by atoms with E-state index >= 15 is 0 Å². The number of benzene rings is 2. The fraction of sp³-hybridized carbons (Fsp3) is 0.130. The number of aromatic carboxylic acids is 1. The van der Waals surface area contributed by atoms with E-state index in [2.05, 4.69) is 5.10 Å². The van der Waals surface area contributed by atoms with E-state index in [1.165, 1.54) is 24.3 Å². The first-order valence-electron chi connectivity index (χ1n) is 9.49. The Morgan fingerprint density at radius 3 is 2.32 bits per heavy atom. The van der Waals surface area contributed by atoms with Crippen LogP contribution in [0.4, 0.5) is 4.39 Å². The average molecular weight is 419 g/mol. The first kappa shape index (κ1) is 20.2. The van der Waals surface area contributed by atoms with E-state index in [-0.39, 0.29) is 28.1 Å². The normalized spacial score (nSPS) is 11.1. The molecule has 0 aliphatic carbocycles. The van der Waals surface area contributed by atoms with Gasteiger partial charge in [0, 0.05) is 28.0 Å². The van der Waals surface area contributed by atoms with E-state index in [1.54, 1.807) is 37.3 Å². The molecule has 2 aromatic heterocycles. The number of ketones is 1. The number of aryl methyl sites for hydroxylation is 1. The summed E-state index contributed by atoms with van der Waals surface area (Å²) >= 11 is 0. The number of carbonyl (C=O) groups is 2. The van der Waals surface area contributed by atoms with Gasteiger partial charge in [0.15, 0.2) is 11.5 Å². The molecule has 0 saturated heterocycles. The maximum atomic E-state index is 13.3. The SMILES string of the molecule is Cc1cc(C(=O)Cn2nc(C(=O)O)c3ccccc3c2=O)c(C)n1-c1ccc(F)cc1. The molecule has 8 heteroatoms. The smallest absolute Gasteiger partial charge is 0.357 e. The average Bonchev–Trinajstić information content (AvgIpc) is 3.04. The summed E-state index contributed by atoms with van der Waals surface area (Å²) < 4.78 is 16.0. The third-order valence-corrected chi connectivity index (χ3v) is 5.18. The summed E-state index contributed by atoms with van der Waals surface area (Å²) in [5, 5.41) is 13.8. The Kier molecular flexibility index (Phi) is 4.98. The number of carboxylic acids is 1. The summed E-state index contributed by atoms with van der Waals surface area (Å²) in [7, 11) is 0. The van der Waals surface area contributed by atoms with Gasteiger partial charge in [-0.25, -0.2) is 13.9 Å². The molecule has 156 valence electrons. The molecule has 0 aliphatic rings. The van der Waals surface area contributed by atoms with E-state index < -0.39 is 18.1 Å². The van der Waals surface area contributed by atoms with Crippen molar-refractivity contribution >= 4 is 22.5 Å². The molecule has 2 heterocycles. The van der Waals surface area contributed by atoms with E-state index in [0.717, 1.165) is 10.4 Å². The highest BCUT2D eigenvalue weighted by Gasteiger charge is 2.21. The molecule has 2 aromatic carbocycles. The first-order valence-corrected chi connectivity index (χ1v) is 9.49.